The van der Waals surface area contributed by atoms with Gasteiger partial charge in [-0.05, 0) is 105 Å². The van der Waals surface area contributed by atoms with E-state index < -0.39 is 0 Å². The number of hydrogen-bond donors (Lipinski definition) is 0. The zero-order valence-corrected chi connectivity index (χ0v) is 31.0. The Morgan fingerprint density at radius 3 is 1.65 bits per heavy atom. The van der Waals surface area contributed by atoms with Gasteiger partial charge in [-0.25, -0.2) is 0 Å². The zero-order chi connectivity index (χ0) is 36.9. The number of rotatable bonds is 7. The summed E-state index contributed by atoms with van der Waals surface area (Å²) in [7, 11) is 0. The van der Waals surface area contributed by atoms with Crippen LogP contribution < -0.4 is 4.90 Å². The van der Waals surface area contributed by atoms with Crippen molar-refractivity contribution in [3.8, 4) is 27.9 Å². The molecule has 0 atom stereocenters. The van der Waals surface area contributed by atoms with Crippen LogP contribution >= 0.6 is 0 Å². The first-order valence-electron chi connectivity index (χ1n) is 19.1. The number of hydrogen-bond acceptors (Lipinski definition) is 1. The van der Waals surface area contributed by atoms with E-state index in [-0.39, 0.29) is 5.41 Å². The highest BCUT2D eigenvalue weighted by molar-refractivity contribution is 6.14. The molecule has 0 amide bonds. The van der Waals surface area contributed by atoms with E-state index in [2.05, 4.69) is 230 Å². The number of anilines is 3. The number of nitrogens with zero attached hydrogens (tertiary/aromatic N) is 2. The van der Waals surface area contributed by atoms with E-state index in [9.17, 15) is 0 Å². The van der Waals surface area contributed by atoms with Crippen LogP contribution in [0, 0.1) is 0 Å². The molecular weight excluding hydrogens is 665 g/mol. The molecule has 0 bridgehead atoms. The summed E-state index contributed by atoms with van der Waals surface area (Å²) in [5.74, 6) is 0. The molecule has 2 heteroatoms. The van der Waals surface area contributed by atoms with E-state index in [4.69, 9.17) is 0 Å². The smallest absolute Gasteiger partial charge is 0.0588 e. The molecule has 2 nitrogen and oxygen atoms in total. The van der Waals surface area contributed by atoms with E-state index >= 15 is 0 Å². The van der Waals surface area contributed by atoms with Crippen molar-refractivity contribution in [2.45, 2.75) is 19.3 Å². The van der Waals surface area contributed by atoms with E-state index in [1.54, 1.807) is 0 Å². The molecule has 1 heterocycles. The Kier molecular flexibility index (Phi) is 7.85. The van der Waals surface area contributed by atoms with Gasteiger partial charge in [-0.15, -0.1) is 0 Å². The van der Waals surface area contributed by atoms with Crippen LogP contribution in [0.2, 0.25) is 0 Å². The molecular formula is C53H40N2. The molecule has 1 aliphatic carbocycles. The second-order valence-corrected chi connectivity index (χ2v) is 15.0. The average molecular weight is 705 g/mol. The van der Waals surface area contributed by atoms with E-state index in [0.29, 0.717) is 0 Å². The summed E-state index contributed by atoms with van der Waals surface area (Å²) in [6, 6.07) is 70.2. The lowest BCUT2D eigenvalue weighted by Gasteiger charge is -2.25. The molecule has 0 radical (unpaired) electrons. The summed E-state index contributed by atoms with van der Waals surface area (Å²) >= 11 is 0. The van der Waals surface area contributed by atoms with Gasteiger partial charge >= 0.3 is 0 Å². The van der Waals surface area contributed by atoms with Crippen LogP contribution in [0.15, 0.2) is 194 Å². The minimum Gasteiger partial charge on any atom is -0.311 e. The first-order valence-corrected chi connectivity index (χ1v) is 19.1. The van der Waals surface area contributed by atoms with Crippen LogP contribution in [0.5, 0.6) is 0 Å². The zero-order valence-electron chi connectivity index (χ0n) is 31.0. The number of para-hydroxylation sites is 3. The average Bonchev–Trinajstić information content (AvgIpc) is 3.70. The van der Waals surface area contributed by atoms with Gasteiger partial charge in [0.1, 0.15) is 0 Å². The topological polar surface area (TPSA) is 8.17 Å². The van der Waals surface area contributed by atoms with Gasteiger partial charge in [0.25, 0.3) is 0 Å². The van der Waals surface area contributed by atoms with Gasteiger partial charge in [-0.3, -0.25) is 0 Å². The molecule has 9 aromatic rings. The second kappa shape index (κ2) is 13.2. The van der Waals surface area contributed by atoms with Crippen molar-refractivity contribution in [1.29, 1.82) is 0 Å². The van der Waals surface area contributed by atoms with Crippen LogP contribution in [0.4, 0.5) is 17.1 Å². The standard InChI is InChI=1S/C53H40N2/c1-53(2)49-21-13-12-20-45(49)46-33-34-47-48-36-40(30-35-50(48)55(52(47)51(46)53)43-18-10-5-11-19-43)39-28-24-37(25-29-39)22-23-38-26-31-44(32-27-38)54(41-14-6-3-7-15-41)42-16-8-4-9-17-42/h3-36H,1-2H3/b23-22+. The summed E-state index contributed by atoms with van der Waals surface area (Å²) in [6.07, 6.45) is 4.39. The largest absolute Gasteiger partial charge is 0.311 e. The highest BCUT2D eigenvalue weighted by Crippen LogP contribution is 2.53. The molecule has 0 N–H and O–H groups in total. The first-order chi connectivity index (χ1) is 27.0. The van der Waals surface area contributed by atoms with Crippen LogP contribution in [-0.4, -0.2) is 4.57 Å². The number of benzene rings is 8. The van der Waals surface area contributed by atoms with Gasteiger partial charge in [0.2, 0.25) is 0 Å². The molecule has 1 aromatic heterocycles. The first kappa shape index (κ1) is 32.7. The SMILES string of the molecule is CC1(C)c2ccccc2-c2ccc3c4cc(-c5ccc(/C=C/c6ccc(N(c7ccccc7)c7ccccc7)cc6)cc5)ccc4n(-c4ccccc4)c3c21. The summed E-state index contributed by atoms with van der Waals surface area (Å²) in [5.41, 5.74) is 17.2. The maximum Gasteiger partial charge on any atom is 0.0588 e. The minimum absolute atomic E-state index is 0.120. The highest BCUT2D eigenvalue weighted by Gasteiger charge is 2.38. The fourth-order valence-corrected chi connectivity index (χ4v) is 8.70. The molecule has 55 heavy (non-hydrogen) atoms. The van der Waals surface area contributed by atoms with Crippen molar-refractivity contribution in [2.75, 3.05) is 4.90 Å². The van der Waals surface area contributed by atoms with Crippen molar-refractivity contribution < 1.29 is 0 Å². The monoisotopic (exact) mass is 704 g/mol. The summed E-state index contributed by atoms with van der Waals surface area (Å²) < 4.78 is 2.49. The Hall–Kier alpha value is -6.90. The summed E-state index contributed by atoms with van der Waals surface area (Å²) in [6.45, 7) is 4.76. The van der Waals surface area contributed by atoms with E-state index in [1.807, 2.05) is 0 Å². The van der Waals surface area contributed by atoms with Crippen LogP contribution in [0.25, 0.3) is 61.9 Å². The molecule has 0 fully saturated rings. The molecule has 0 spiro atoms. The lowest BCUT2D eigenvalue weighted by Crippen LogP contribution is -2.16. The Balaban J connectivity index is 0.974. The maximum atomic E-state index is 2.49. The summed E-state index contributed by atoms with van der Waals surface area (Å²) in [5, 5.41) is 2.57. The Morgan fingerprint density at radius 2 is 1.00 bits per heavy atom. The van der Waals surface area contributed by atoms with Gasteiger partial charge < -0.3 is 9.47 Å². The maximum absolute atomic E-state index is 2.49. The lowest BCUT2D eigenvalue weighted by atomic mass is 9.81. The lowest BCUT2D eigenvalue weighted by molar-refractivity contribution is 0.664. The van der Waals surface area contributed by atoms with Crippen LogP contribution in [0.1, 0.15) is 36.1 Å². The van der Waals surface area contributed by atoms with Gasteiger partial charge in [-0.1, -0.05) is 159 Å². The highest BCUT2D eigenvalue weighted by atomic mass is 15.1. The molecule has 0 unspecified atom stereocenters. The Bertz CT molecular complexity index is 2810. The Morgan fingerprint density at radius 1 is 0.455 bits per heavy atom. The van der Waals surface area contributed by atoms with Gasteiger partial charge in [0, 0.05) is 38.9 Å². The van der Waals surface area contributed by atoms with Crippen molar-refractivity contribution in [3.63, 3.8) is 0 Å². The molecule has 8 aromatic carbocycles. The third-order valence-corrected chi connectivity index (χ3v) is 11.4. The van der Waals surface area contributed by atoms with Crippen LogP contribution in [-0.2, 0) is 5.41 Å². The van der Waals surface area contributed by atoms with E-state index in [1.165, 1.54) is 66.4 Å². The second-order valence-electron chi connectivity index (χ2n) is 15.0. The van der Waals surface area contributed by atoms with Crippen molar-refractivity contribution in [3.05, 3.63) is 216 Å². The predicted octanol–water partition coefficient (Wildman–Crippen LogP) is 14.4. The van der Waals surface area contributed by atoms with Gasteiger partial charge in [0.15, 0.2) is 0 Å². The number of aromatic nitrogens is 1. The Labute approximate surface area is 322 Å². The minimum atomic E-state index is -0.120. The normalized spacial score (nSPS) is 13.0. The molecule has 1 aliphatic rings. The molecule has 0 saturated carbocycles. The molecule has 262 valence electrons. The van der Waals surface area contributed by atoms with Crippen molar-refractivity contribution in [1.82, 2.24) is 4.57 Å². The third kappa shape index (κ3) is 5.57. The third-order valence-electron chi connectivity index (χ3n) is 11.4. The van der Waals surface area contributed by atoms with Gasteiger partial charge in [0.05, 0.1) is 11.0 Å². The fourth-order valence-electron chi connectivity index (χ4n) is 8.70. The van der Waals surface area contributed by atoms with Crippen LogP contribution in [0.3, 0.4) is 0 Å². The molecule has 10 rings (SSSR count). The fraction of sp³-hybridized carbons (Fsp3) is 0.0566. The van der Waals surface area contributed by atoms with Crippen molar-refractivity contribution in [2.24, 2.45) is 0 Å². The molecule has 0 saturated heterocycles. The van der Waals surface area contributed by atoms with Crippen molar-refractivity contribution >= 4 is 51.0 Å². The van der Waals surface area contributed by atoms with E-state index in [0.717, 1.165) is 22.6 Å². The van der Waals surface area contributed by atoms with Gasteiger partial charge in [-0.2, -0.15) is 0 Å². The number of fused-ring (bicyclic) bond motifs is 7. The molecule has 0 aliphatic heterocycles. The quantitative estimate of drug-likeness (QED) is 0.150. The predicted molar refractivity (Wildman–Crippen MR) is 234 cm³/mol. The summed E-state index contributed by atoms with van der Waals surface area (Å²) in [4.78, 5) is 2.29.